The van der Waals surface area contributed by atoms with Crippen molar-refractivity contribution in [2.45, 2.75) is 54.0 Å². The lowest BCUT2D eigenvalue weighted by Crippen LogP contribution is -2.50. The molecule has 5 rings (SSSR count). The topological polar surface area (TPSA) is 75.7 Å². The fourth-order valence-corrected chi connectivity index (χ4v) is 8.27. The number of hydrogen-bond donors (Lipinski definition) is 1. The molecular weight excluding hydrogens is 456 g/mol. The van der Waals surface area contributed by atoms with Crippen molar-refractivity contribution in [2.75, 3.05) is 25.2 Å². The predicted molar refractivity (Wildman–Crippen MR) is 131 cm³/mol. The predicted octanol–water partition coefficient (Wildman–Crippen LogP) is 2.70. The van der Waals surface area contributed by atoms with E-state index in [4.69, 9.17) is 4.74 Å². The first-order valence-corrected chi connectivity index (χ1v) is 14.2. The number of rotatable bonds is 6. The number of fused-ring (bicyclic) bond motifs is 1. The molecule has 0 saturated carbocycles. The number of sulfone groups is 1. The van der Waals surface area contributed by atoms with Gasteiger partial charge in [0.2, 0.25) is 5.91 Å². The van der Waals surface area contributed by atoms with Gasteiger partial charge in [0.25, 0.3) is 0 Å². The van der Waals surface area contributed by atoms with Gasteiger partial charge in [0, 0.05) is 28.8 Å². The van der Waals surface area contributed by atoms with Crippen LogP contribution in [-0.2, 0) is 27.5 Å². The van der Waals surface area contributed by atoms with Crippen LogP contribution in [-0.4, -0.2) is 67.8 Å². The van der Waals surface area contributed by atoms with Gasteiger partial charge in [-0.15, -0.1) is 11.8 Å². The molecule has 176 valence electrons. The molecule has 0 spiro atoms. The lowest BCUT2D eigenvalue weighted by atomic mass is 10.1. The van der Waals surface area contributed by atoms with Gasteiger partial charge in [-0.1, -0.05) is 24.3 Å². The van der Waals surface area contributed by atoms with E-state index in [2.05, 4.69) is 46.6 Å². The van der Waals surface area contributed by atoms with Gasteiger partial charge in [0.05, 0.1) is 24.7 Å². The lowest BCUT2D eigenvalue weighted by molar-refractivity contribution is -0.126. The van der Waals surface area contributed by atoms with Crippen molar-refractivity contribution in [1.82, 2.24) is 10.2 Å². The fourth-order valence-electron chi connectivity index (χ4n) is 5.39. The molecule has 2 saturated heterocycles. The number of hydrogen-bond acceptors (Lipinski definition) is 6. The van der Waals surface area contributed by atoms with E-state index in [0.29, 0.717) is 17.7 Å². The average Bonchev–Trinajstić information content (AvgIpc) is 3.50. The van der Waals surface area contributed by atoms with E-state index < -0.39 is 9.84 Å². The number of benzene rings is 2. The zero-order valence-corrected chi connectivity index (χ0v) is 20.4. The van der Waals surface area contributed by atoms with Gasteiger partial charge < -0.3 is 10.1 Å². The van der Waals surface area contributed by atoms with Gasteiger partial charge in [-0.2, -0.15) is 0 Å². The van der Waals surface area contributed by atoms with Crippen molar-refractivity contribution in [1.29, 1.82) is 0 Å². The minimum absolute atomic E-state index is 0.0223. The molecule has 2 aromatic rings. The number of likely N-dealkylation sites (tertiary alicyclic amines) is 1. The SMILES string of the molecule is COc1ccc(S[C@@H]2C[C@@H](C(=O)N[C@H]3CCS(=O)(=O)C3)N(C3Cc4ccccc4C3)C2)cc1. The molecule has 3 atom stereocenters. The maximum atomic E-state index is 13.4. The summed E-state index contributed by atoms with van der Waals surface area (Å²) in [5.41, 5.74) is 2.74. The van der Waals surface area contributed by atoms with E-state index in [9.17, 15) is 13.2 Å². The summed E-state index contributed by atoms with van der Waals surface area (Å²) in [7, 11) is -1.37. The van der Waals surface area contributed by atoms with Crippen molar-refractivity contribution >= 4 is 27.5 Å². The van der Waals surface area contributed by atoms with E-state index >= 15 is 0 Å². The Morgan fingerprint density at radius 1 is 1.09 bits per heavy atom. The highest BCUT2D eigenvalue weighted by molar-refractivity contribution is 8.00. The number of nitrogens with zero attached hydrogens (tertiary/aromatic N) is 1. The molecule has 2 aliphatic heterocycles. The van der Waals surface area contributed by atoms with Gasteiger partial charge in [-0.3, -0.25) is 9.69 Å². The van der Waals surface area contributed by atoms with Crippen LogP contribution < -0.4 is 10.1 Å². The largest absolute Gasteiger partial charge is 0.497 e. The first-order valence-electron chi connectivity index (χ1n) is 11.5. The van der Waals surface area contributed by atoms with Crippen molar-refractivity contribution in [3.8, 4) is 5.75 Å². The van der Waals surface area contributed by atoms with Crippen molar-refractivity contribution in [3.05, 3.63) is 59.7 Å². The van der Waals surface area contributed by atoms with Gasteiger partial charge in [-0.25, -0.2) is 8.42 Å². The maximum absolute atomic E-state index is 13.4. The van der Waals surface area contributed by atoms with Gasteiger partial charge in [-0.05, 0) is 61.1 Å². The molecular formula is C25H30N2O4S2. The number of thioether (sulfide) groups is 1. The monoisotopic (exact) mass is 486 g/mol. The summed E-state index contributed by atoms with van der Waals surface area (Å²) >= 11 is 1.81. The van der Waals surface area contributed by atoms with Crippen LogP contribution >= 0.6 is 11.8 Å². The number of carbonyl (C=O) groups excluding carboxylic acids is 1. The first-order chi connectivity index (χ1) is 15.9. The van der Waals surface area contributed by atoms with E-state index in [1.165, 1.54) is 16.0 Å². The minimum Gasteiger partial charge on any atom is -0.497 e. The van der Waals surface area contributed by atoms with Crippen LogP contribution in [0.2, 0.25) is 0 Å². The number of amides is 1. The third-order valence-electron chi connectivity index (χ3n) is 7.04. The average molecular weight is 487 g/mol. The number of carbonyl (C=O) groups is 1. The third kappa shape index (κ3) is 5.08. The summed E-state index contributed by atoms with van der Waals surface area (Å²) in [4.78, 5) is 16.9. The van der Waals surface area contributed by atoms with Crippen LogP contribution in [0.3, 0.4) is 0 Å². The second-order valence-corrected chi connectivity index (χ2v) is 12.9. The van der Waals surface area contributed by atoms with Crippen LogP contribution in [0.25, 0.3) is 0 Å². The summed E-state index contributed by atoms with van der Waals surface area (Å²) in [5.74, 6) is 1.04. The summed E-state index contributed by atoms with van der Waals surface area (Å²) in [6, 6.07) is 16.4. The van der Waals surface area contributed by atoms with Crippen LogP contribution in [0.1, 0.15) is 24.0 Å². The van der Waals surface area contributed by atoms with Crippen molar-refractivity contribution in [2.24, 2.45) is 0 Å². The highest BCUT2D eigenvalue weighted by atomic mass is 32.2. The molecule has 1 amide bonds. The highest BCUT2D eigenvalue weighted by Gasteiger charge is 2.43. The lowest BCUT2D eigenvalue weighted by Gasteiger charge is -2.30. The van der Waals surface area contributed by atoms with Gasteiger partial charge >= 0.3 is 0 Å². The Balaban J connectivity index is 1.31. The number of ether oxygens (including phenoxy) is 1. The normalized spacial score (nSPS) is 26.9. The fraction of sp³-hybridized carbons (Fsp3) is 0.480. The molecule has 2 fully saturated rings. The third-order valence-corrected chi connectivity index (χ3v) is 10.0. The number of nitrogens with one attached hydrogen (secondary N) is 1. The van der Waals surface area contributed by atoms with E-state index in [1.807, 2.05) is 23.9 Å². The quantitative estimate of drug-likeness (QED) is 0.677. The van der Waals surface area contributed by atoms with Crippen molar-refractivity contribution in [3.63, 3.8) is 0 Å². The maximum Gasteiger partial charge on any atom is 0.237 e. The Hall–Kier alpha value is -2.03. The molecule has 1 N–H and O–H groups in total. The van der Waals surface area contributed by atoms with Gasteiger partial charge in [0.1, 0.15) is 5.75 Å². The Morgan fingerprint density at radius 2 is 1.79 bits per heavy atom. The van der Waals surface area contributed by atoms with Crippen molar-refractivity contribution < 1.29 is 17.9 Å². The molecule has 0 bridgehead atoms. The molecule has 33 heavy (non-hydrogen) atoms. The zero-order valence-electron chi connectivity index (χ0n) is 18.8. The summed E-state index contributed by atoms with van der Waals surface area (Å²) in [6.07, 6.45) is 3.18. The molecule has 2 heterocycles. The van der Waals surface area contributed by atoms with Crippen LogP contribution in [0.4, 0.5) is 0 Å². The minimum atomic E-state index is -3.03. The Morgan fingerprint density at radius 3 is 2.39 bits per heavy atom. The second kappa shape index (κ2) is 9.31. The smallest absolute Gasteiger partial charge is 0.237 e. The Labute approximate surface area is 200 Å². The molecule has 0 aromatic heterocycles. The Kier molecular flexibility index (Phi) is 6.42. The first kappa shape index (κ1) is 22.7. The molecule has 1 aliphatic carbocycles. The molecule has 0 radical (unpaired) electrons. The standard InChI is InChI=1S/C25H30N2O4S2/c1-31-21-6-8-22(9-7-21)32-23-14-24(25(28)26-19-10-11-33(29,30)16-19)27(15-23)20-12-17-4-2-3-5-18(17)13-20/h2-9,19-20,23-24H,10-16H2,1H3,(H,26,28)/t19-,23+,24-/m0/s1. The van der Waals surface area contributed by atoms with Crippen LogP contribution in [0, 0.1) is 0 Å². The summed E-state index contributed by atoms with van der Waals surface area (Å²) in [5, 5.41) is 3.36. The summed E-state index contributed by atoms with van der Waals surface area (Å²) < 4.78 is 29.0. The van der Waals surface area contributed by atoms with E-state index in [0.717, 1.165) is 31.6 Å². The zero-order chi connectivity index (χ0) is 23.0. The van der Waals surface area contributed by atoms with E-state index in [-0.39, 0.29) is 29.5 Å². The van der Waals surface area contributed by atoms with E-state index in [1.54, 1.807) is 7.11 Å². The second-order valence-electron chi connectivity index (χ2n) is 9.30. The highest BCUT2D eigenvalue weighted by Crippen LogP contribution is 2.37. The molecule has 8 heteroatoms. The molecule has 3 aliphatic rings. The Bertz CT molecular complexity index is 1090. The molecule has 6 nitrogen and oxygen atoms in total. The summed E-state index contributed by atoms with van der Waals surface area (Å²) in [6.45, 7) is 0.844. The number of methoxy groups -OCH3 is 1. The van der Waals surface area contributed by atoms with Crippen LogP contribution in [0.15, 0.2) is 53.4 Å². The molecule has 2 aromatic carbocycles. The molecule has 0 unspecified atom stereocenters. The van der Waals surface area contributed by atoms with Crippen LogP contribution in [0.5, 0.6) is 5.75 Å². The van der Waals surface area contributed by atoms with Gasteiger partial charge in [0.15, 0.2) is 9.84 Å².